The SMILES string of the molecule is CN=C(NCCN(C)C1CCCC1)N1CCN(C(=O)C2CCCO2)CC1. The minimum atomic E-state index is -0.204. The topological polar surface area (TPSA) is 60.4 Å². The van der Waals surface area contributed by atoms with E-state index in [4.69, 9.17) is 4.74 Å². The van der Waals surface area contributed by atoms with Crippen LogP contribution in [0.4, 0.5) is 0 Å². The lowest BCUT2D eigenvalue weighted by Gasteiger charge is -2.37. The highest BCUT2D eigenvalue weighted by Gasteiger charge is 2.30. The minimum absolute atomic E-state index is 0.170. The number of ether oxygens (including phenoxy) is 1. The molecule has 3 rings (SSSR count). The summed E-state index contributed by atoms with van der Waals surface area (Å²) in [6, 6.07) is 0.756. The Morgan fingerprint density at radius 2 is 1.81 bits per heavy atom. The van der Waals surface area contributed by atoms with Gasteiger partial charge in [-0.1, -0.05) is 12.8 Å². The first kappa shape index (κ1) is 19.4. The van der Waals surface area contributed by atoms with Gasteiger partial charge in [0.05, 0.1) is 0 Å². The third-order valence-corrected chi connectivity index (χ3v) is 6.00. The average Bonchev–Trinajstić information content (AvgIpc) is 3.39. The predicted molar refractivity (Wildman–Crippen MR) is 103 cm³/mol. The van der Waals surface area contributed by atoms with Crippen molar-refractivity contribution in [2.24, 2.45) is 4.99 Å². The predicted octanol–water partition coefficient (Wildman–Crippen LogP) is 0.759. The highest BCUT2D eigenvalue weighted by molar-refractivity contribution is 5.82. The van der Waals surface area contributed by atoms with Crippen molar-refractivity contribution < 1.29 is 9.53 Å². The molecular formula is C19H35N5O2. The molecule has 0 bridgehead atoms. The largest absolute Gasteiger partial charge is 0.368 e. The number of guanidine groups is 1. The summed E-state index contributed by atoms with van der Waals surface area (Å²) in [5.41, 5.74) is 0. The zero-order valence-electron chi connectivity index (χ0n) is 16.5. The fraction of sp³-hybridized carbons (Fsp3) is 0.895. The number of hydrogen-bond acceptors (Lipinski definition) is 4. The van der Waals surface area contributed by atoms with E-state index in [9.17, 15) is 4.79 Å². The summed E-state index contributed by atoms with van der Waals surface area (Å²) >= 11 is 0. The van der Waals surface area contributed by atoms with Gasteiger partial charge in [0.2, 0.25) is 0 Å². The van der Waals surface area contributed by atoms with Crippen molar-refractivity contribution in [1.82, 2.24) is 20.0 Å². The molecule has 1 amide bonds. The normalized spacial score (nSPS) is 25.3. The molecule has 7 nitrogen and oxygen atoms in total. The second kappa shape index (κ2) is 9.55. The highest BCUT2D eigenvalue weighted by atomic mass is 16.5. The van der Waals surface area contributed by atoms with Gasteiger partial charge in [-0.2, -0.15) is 0 Å². The van der Waals surface area contributed by atoms with Gasteiger partial charge in [0, 0.05) is 59.0 Å². The number of likely N-dealkylation sites (N-methyl/N-ethyl adjacent to an activating group) is 1. The zero-order chi connectivity index (χ0) is 18.4. The Hall–Kier alpha value is -1.34. The number of amides is 1. The van der Waals surface area contributed by atoms with E-state index in [2.05, 4.69) is 27.2 Å². The molecular weight excluding hydrogens is 330 g/mol. The standard InChI is InChI=1S/C19H35N5O2/c1-20-19(21-9-10-22(2)16-6-3-4-7-16)24-13-11-23(12-14-24)18(25)17-8-5-15-26-17/h16-17H,3-15H2,1-2H3,(H,20,21). The second-order valence-electron chi connectivity index (χ2n) is 7.71. The molecule has 7 heteroatoms. The van der Waals surface area contributed by atoms with E-state index in [0.29, 0.717) is 0 Å². The summed E-state index contributed by atoms with van der Waals surface area (Å²) in [6.45, 7) is 5.84. The molecule has 0 aromatic heterocycles. The van der Waals surface area contributed by atoms with Crippen LogP contribution in [0.25, 0.3) is 0 Å². The van der Waals surface area contributed by atoms with Crippen molar-refractivity contribution in [1.29, 1.82) is 0 Å². The van der Waals surface area contributed by atoms with Crippen LogP contribution in [-0.2, 0) is 9.53 Å². The number of carbonyl (C=O) groups is 1. The molecule has 1 N–H and O–H groups in total. The molecule has 1 aliphatic carbocycles. The van der Waals surface area contributed by atoms with Crippen LogP contribution in [0.3, 0.4) is 0 Å². The highest BCUT2D eigenvalue weighted by Crippen LogP contribution is 2.21. The molecule has 0 aromatic rings. The van der Waals surface area contributed by atoms with Crippen molar-refractivity contribution in [3.8, 4) is 0 Å². The van der Waals surface area contributed by atoms with Crippen LogP contribution in [0.1, 0.15) is 38.5 Å². The summed E-state index contributed by atoms with van der Waals surface area (Å²) in [5, 5.41) is 3.50. The van der Waals surface area contributed by atoms with Gasteiger partial charge in [0.25, 0.3) is 5.91 Å². The third-order valence-electron chi connectivity index (χ3n) is 6.00. The van der Waals surface area contributed by atoms with Crippen LogP contribution in [-0.4, -0.2) is 98.7 Å². The molecule has 1 saturated carbocycles. The van der Waals surface area contributed by atoms with Crippen molar-refractivity contribution in [3.63, 3.8) is 0 Å². The summed E-state index contributed by atoms with van der Waals surface area (Å²) in [4.78, 5) is 23.6. The minimum Gasteiger partial charge on any atom is -0.368 e. The van der Waals surface area contributed by atoms with Crippen molar-refractivity contribution in [2.75, 3.05) is 60.0 Å². The van der Waals surface area contributed by atoms with Gasteiger partial charge in [0.15, 0.2) is 5.96 Å². The molecule has 2 saturated heterocycles. The third kappa shape index (κ3) is 4.88. The molecule has 0 radical (unpaired) electrons. The molecule has 26 heavy (non-hydrogen) atoms. The van der Waals surface area contributed by atoms with E-state index in [0.717, 1.165) is 70.7 Å². The Kier molecular flexibility index (Phi) is 7.14. The van der Waals surface area contributed by atoms with E-state index in [-0.39, 0.29) is 12.0 Å². The number of nitrogens with zero attached hydrogens (tertiary/aromatic N) is 4. The van der Waals surface area contributed by atoms with Gasteiger partial charge in [-0.15, -0.1) is 0 Å². The monoisotopic (exact) mass is 365 g/mol. The summed E-state index contributed by atoms with van der Waals surface area (Å²) < 4.78 is 5.54. The zero-order valence-corrected chi connectivity index (χ0v) is 16.5. The molecule has 3 fully saturated rings. The van der Waals surface area contributed by atoms with Gasteiger partial charge < -0.3 is 24.8 Å². The number of nitrogens with one attached hydrogen (secondary N) is 1. The fourth-order valence-electron chi connectivity index (χ4n) is 4.32. The lowest BCUT2D eigenvalue weighted by Crippen LogP contribution is -2.55. The van der Waals surface area contributed by atoms with Crippen LogP contribution in [0.15, 0.2) is 4.99 Å². The van der Waals surface area contributed by atoms with Crippen LogP contribution >= 0.6 is 0 Å². The first-order valence-corrected chi connectivity index (χ1v) is 10.3. The van der Waals surface area contributed by atoms with Gasteiger partial charge in [-0.25, -0.2) is 0 Å². The van der Waals surface area contributed by atoms with Gasteiger partial charge in [-0.05, 0) is 32.7 Å². The maximum Gasteiger partial charge on any atom is 0.251 e. The molecule has 2 heterocycles. The summed E-state index contributed by atoms with van der Waals surface area (Å²) in [5.74, 6) is 1.12. The lowest BCUT2D eigenvalue weighted by molar-refractivity contribution is -0.142. The van der Waals surface area contributed by atoms with Crippen LogP contribution in [0.2, 0.25) is 0 Å². The van der Waals surface area contributed by atoms with Gasteiger partial charge >= 0.3 is 0 Å². The fourth-order valence-corrected chi connectivity index (χ4v) is 4.32. The first-order valence-electron chi connectivity index (χ1n) is 10.3. The van der Waals surface area contributed by atoms with E-state index in [1.165, 1.54) is 25.7 Å². The Balaban J connectivity index is 1.38. The quantitative estimate of drug-likeness (QED) is 0.576. The van der Waals surface area contributed by atoms with Gasteiger partial charge in [0.1, 0.15) is 6.10 Å². The van der Waals surface area contributed by atoms with Crippen molar-refractivity contribution in [3.05, 3.63) is 0 Å². The van der Waals surface area contributed by atoms with Crippen molar-refractivity contribution in [2.45, 2.75) is 50.7 Å². The van der Waals surface area contributed by atoms with Crippen LogP contribution in [0, 0.1) is 0 Å². The van der Waals surface area contributed by atoms with E-state index < -0.39 is 0 Å². The smallest absolute Gasteiger partial charge is 0.251 e. The summed E-state index contributed by atoms with van der Waals surface area (Å²) in [7, 11) is 4.07. The lowest BCUT2D eigenvalue weighted by atomic mass is 10.2. The molecule has 1 unspecified atom stereocenters. The van der Waals surface area contributed by atoms with E-state index in [1.54, 1.807) is 0 Å². The maximum atomic E-state index is 12.5. The van der Waals surface area contributed by atoms with Crippen LogP contribution < -0.4 is 5.32 Å². The average molecular weight is 366 g/mol. The molecule has 148 valence electrons. The molecule has 2 aliphatic heterocycles. The van der Waals surface area contributed by atoms with Crippen molar-refractivity contribution >= 4 is 11.9 Å². The molecule has 0 spiro atoms. The maximum absolute atomic E-state index is 12.5. The van der Waals surface area contributed by atoms with E-state index >= 15 is 0 Å². The number of piperazine rings is 1. The Morgan fingerprint density at radius 3 is 2.42 bits per heavy atom. The molecule has 1 atom stereocenters. The number of hydrogen-bond donors (Lipinski definition) is 1. The summed E-state index contributed by atoms with van der Waals surface area (Å²) in [6.07, 6.45) is 7.10. The van der Waals surface area contributed by atoms with E-state index in [1.807, 2.05) is 11.9 Å². The van der Waals surface area contributed by atoms with Crippen LogP contribution in [0.5, 0.6) is 0 Å². The first-order chi connectivity index (χ1) is 12.7. The van der Waals surface area contributed by atoms with Gasteiger partial charge in [-0.3, -0.25) is 9.79 Å². The number of aliphatic imine (C=N–C) groups is 1. The number of rotatable bonds is 5. The Labute approximate surface area is 157 Å². The number of carbonyl (C=O) groups excluding carboxylic acids is 1. The molecule has 0 aromatic carbocycles. The Morgan fingerprint density at radius 1 is 1.12 bits per heavy atom. The molecule has 3 aliphatic rings. The second-order valence-corrected chi connectivity index (χ2v) is 7.71. The Bertz CT molecular complexity index is 478.